The van der Waals surface area contributed by atoms with Gasteiger partial charge in [-0.3, -0.25) is 4.79 Å². The van der Waals surface area contributed by atoms with Gasteiger partial charge in [0.2, 0.25) is 5.91 Å². The quantitative estimate of drug-likeness (QED) is 0.747. The molecule has 0 radical (unpaired) electrons. The zero-order valence-electron chi connectivity index (χ0n) is 12.9. The molecule has 6 heteroatoms. The summed E-state index contributed by atoms with van der Waals surface area (Å²) < 4.78 is 39.9. The number of rotatable bonds is 3. The Morgan fingerprint density at radius 1 is 1.12 bits per heavy atom. The number of nitrogens with one attached hydrogen (secondary N) is 1. The van der Waals surface area contributed by atoms with Crippen LogP contribution in [0, 0.1) is 6.92 Å². The van der Waals surface area contributed by atoms with E-state index in [0.29, 0.717) is 0 Å². The first-order chi connectivity index (χ1) is 11.3. The van der Waals surface area contributed by atoms with Crippen molar-refractivity contribution in [3.8, 4) is 0 Å². The molecule has 1 aromatic heterocycles. The van der Waals surface area contributed by atoms with Crippen LogP contribution in [-0.2, 0) is 17.5 Å². The molecule has 3 aromatic rings. The predicted octanol–water partition coefficient (Wildman–Crippen LogP) is 4.61. The van der Waals surface area contributed by atoms with E-state index in [9.17, 15) is 18.0 Å². The Bertz CT molecular complexity index is 897. The molecule has 2 aromatic carbocycles. The lowest BCUT2D eigenvalue weighted by atomic mass is 10.2. The van der Waals surface area contributed by atoms with Gasteiger partial charge in [-0.05, 0) is 48.7 Å². The van der Waals surface area contributed by atoms with Crippen LogP contribution >= 0.6 is 0 Å². The second kappa shape index (κ2) is 6.03. The molecule has 3 rings (SSSR count). The average molecular weight is 332 g/mol. The van der Waals surface area contributed by atoms with Gasteiger partial charge in [-0.15, -0.1) is 0 Å². The van der Waals surface area contributed by atoms with Crippen LogP contribution in [0.1, 0.15) is 11.1 Å². The number of hydrogen-bond acceptors (Lipinski definition) is 1. The Labute approximate surface area is 136 Å². The third-order valence-corrected chi connectivity index (χ3v) is 3.71. The Hall–Kier alpha value is -2.76. The van der Waals surface area contributed by atoms with Gasteiger partial charge in [0.25, 0.3) is 0 Å². The predicted molar refractivity (Wildman–Crippen MR) is 86.7 cm³/mol. The highest BCUT2D eigenvalue weighted by atomic mass is 19.4. The SMILES string of the molecule is Cc1ccc2c(ccn2CC(=O)Nc2cccc(C(F)(F)F)c2)c1. The van der Waals surface area contributed by atoms with Crippen LogP contribution in [-0.4, -0.2) is 10.5 Å². The fourth-order valence-electron chi connectivity index (χ4n) is 2.59. The maximum atomic E-state index is 12.7. The summed E-state index contributed by atoms with van der Waals surface area (Å²) in [6.45, 7) is 2.01. The summed E-state index contributed by atoms with van der Waals surface area (Å²) in [6, 6.07) is 12.4. The molecule has 1 amide bonds. The Balaban J connectivity index is 1.76. The van der Waals surface area contributed by atoms with Gasteiger partial charge in [0.05, 0.1) is 5.56 Å². The van der Waals surface area contributed by atoms with Gasteiger partial charge in [-0.25, -0.2) is 0 Å². The van der Waals surface area contributed by atoms with E-state index in [1.807, 2.05) is 31.2 Å². The second-order valence-corrected chi connectivity index (χ2v) is 5.63. The van der Waals surface area contributed by atoms with E-state index in [0.717, 1.165) is 28.6 Å². The normalized spacial score (nSPS) is 11.7. The molecule has 0 saturated heterocycles. The topological polar surface area (TPSA) is 34.0 Å². The lowest BCUT2D eigenvalue weighted by Gasteiger charge is -2.10. The third-order valence-electron chi connectivity index (χ3n) is 3.71. The first-order valence-electron chi connectivity index (χ1n) is 7.35. The summed E-state index contributed by atoms with van der Waals surface area (Å²) in [5.41, 5.74) is 1.36. The highest BCUT2D eigenvalue weighted by Crippen LogP contribution is 2.30. The molecular formula is C18H15F3N2O. The van der Waals surface area contributed by atoms with E-state index < -0.39 is 11.7 Å². The van der Waals surface area contributed by atoms with Crippen LogP contribution in [0.2, 0.25) is 0 Å². The molecule has 124 valence electrons. The number of aromatic nitrogens is 1. The minimum atomic E-state index is -4.44. The fourth-order valence-corrected chi connectivity index (χ4v) is 2.59. The van der Waals surface area contributed by atoms with E-state index in [1.54, 1.807) is 10.8 Å². The number of carbonyl (C=O) groups excluding carboxylic acids is 1. The largest absolute Gasteiger partial charge is 0.416 e. The molecule has 0 bridgehead atoms. The summed E-state index contributed by atoms with van der Waals surface area (Å²) in [6.07, 6.45) is -2.65. The van der Waals surface area contributed by atoms with Gasteiger partial charge < -0.3 is 9.88 Å². The molecule has 0 atom stereocenters. The maximum absolute atomic E-state index is 12.7. The van der Waals surface area contributed by atoms with Gasteiger partial charge in [0.15, 0.2) is 0 Å². The molecule has 0 fully saturated rings. The van der Waals surface area contributed by atoms with E-state index in [2.05, 4.69) is 5.32 Å². The van der Waals surface area contributed by atoms with Crippen molar-refractivity contribution >= 4 is 22.5 Å². The Morgan fingerprint density at radius 3 is 2.67 bits per heavy atom. The first-order valence-corrected chi connectivity index (χ1v) is 7.35. The summed E-state index contributed by atoms with van der Waals surface area (Å²) in [4.78, 5) is 12.1. The van der Waals surface area contributed by atoms with E-state index >= 15 is 0 Å². The van der Waals surface area contributed by atoms with Crippen LogP contribution in [0.25, 0.3) is 10.9 Å². The minimum absolute atomic E-state index is 0.0306. The first kappa shape index (κ1) is 16.1. The number of alkyl halides is 3. The van der Waals surface area contributed by atoms with E-state index in [4.69, 9.17) is 0 Å². The van der Waals surface area contributed by atoms with Crippen LogP contribution in [0.3, 0.4) is 0 Å². The molecule has 3 nitrogen and oxygen atoms in total. The lowest BCUT2D eigenvalue weighted by molar-refractivity contribution is -0.137. The van der Waals surface area contributed by atoms with Crippen LogP contribution in [0.5, 0.6) is 0 Å². The molecule has 1 heterocycles. The van der Waals surface area contributed by atoms with E-state index in [1.165, 1.54) is 12.1 Å². The zero-order valence-corrected chi connectivity index (χ0v) is 12.9. The molecule has 0 spiro atoms. The van der Waals surface area contributed by atoms with Crippen molar-refractivity contribution in [2.75, 3.05) is 5.32 Å². The number of carbonyl (C=O) groups is 1. The number of aryl methyl sites for hydroxylation is 1. The minimum Gasteiger partial charge on any atom is -0.338 e. The van der Waals surface area contributed by atoms with Gasteiger partial charge >= 0.3 is 6.18 Å². The number of benzene rings is 2. The van der Waals surface area contributed by atoms with E-state index in [-0.39, 0.29) is 18.1 Å². The summed E-state index contributed by atoms with van der Waals surface area (Å²) in [5, 5.41) is 3.52. The number of hydrogen-bond donors (Lipinski definition) is 1. The van der Waals surface area contributed by atoms with Gasteiger partial charge in [0.1, 0.15) is 6.54 Å². The van der Waals surface area contributed by atoms with Crippen molar-refractivity contribution in [2.45, 2.75) is 19.6 Å². The average Bonchev–Trinajstić information content (AvgIpc) is 2.88. The fraction of sp³-hybridized carbons (Fsp3) is 0.167. The Kier molecular flexibility index (Phi) is 4.05. The van der Waals surface area contributed by atoms with Crippen molar-refractivity contribution in [1.82, 2.24) is 4.57 Å². The van der Waals surface area contributed by atoms with Crippen molar-refractivity contribution in [3.05, 3.63) is 65.9 Å². The van der Waals surface area contributed by atoms with Crippen molar-refractivity contribution in [1.29, 1.82) is 0 Å². The highest BCUT2D eigenvalue weighted by molar-refractivity contribution is 5.92. The molecule has 0 unspecified atom stereocenters. The number of nitrogens with zero attached hydrogens (tertiary/aromatic N) is 1. The van der Waals surface area contributed by atoms with Gasteiger partial charge in [0, 0.05) is 17.4 Å². The van der Waals surface area contributed by atoms with Crippen molar-refractivity contribution in [3.63, 3.8) is 0 Å². The number of amides is 1. The highest BCUT2D eigenvalue weighted by Gasteiger charge is 2.30. The molecule has 0 aliphatic carbocycles. The second-order valence-electron chi connectivity index (χ2n) is 5.63. The Morgan fingerprint density at radius 2 is 1.92 bits per heavy atom. The summed E-state index contributed by atoms with van der Waals surface area (Å²) in [5.74, 6) is -0.382. The summed E-state index contributed by atoms with van der Waals surface area (Å²) >= 11 is 0. The number of fused-ring (bicyclic) bond motifs is 1. The van der Waals surface area contributed by atoms with Crippen LogP contribution < -0.4 is 5.32 Å². The van der Waals surface area contributed by atoms with Gasteiger partial charge in [-0.1, -0.05) is 17.7 Å². The van der Waals surface area contributed by atoms with Crippen molar-refractivity contribution in [2.24, 2.45) is 0 Å². The molecule has 0 saturated carbocycles. The molecule has 0 aliphatic rings. The molecule has 0 aliphatic heterocycles. The zero-order chi connectivity index (χ0) is 17.3. The molecule has 24 heavy (non-hydrogen) atoms. The van der Waals surface area contributed by atoms with Crippen LogP contribution in [0.15, 0.2) is 54.7 Å². The third kappa shape index (κ3) is 3.42. The lowest BCUT2D eigenvalue weighted by Crippen LogP contribution is -2.18. The van der Waals surface area contributed by atoms with Crippen LogP contribution in [0.4, 0.5) is 18.9 Å². The maximum Gasteiger partial charge on any atom is 0.416 e. The monoisotopic (exact) mass is 332 g/mol. The number of halogens is 3. The standard InChI is InChI=1S/C18H15F3N2O/c1-12-5-6-16-13(9-12)7-8-23(16)11-17(24)22-15-4-2-3-14(10-15)18(19,20)21/h2-10H,11H2,1H3,(H,22,24). The molecular weight excluding hydrogens is 317 g/mol. The van der Waals surface area contributed by atoms with Gasteiger partial charge in [-0.2, -0.15) is 13.2 Å². The number of anilines is 1. The van der Waals surface area contributed by atoms with Crippen molar-refractivity contribution < 1.29 is 18.0 Å². The smallest absolute Gasteiger partial charge is 0.338 e. The summed E-state index contributed by atoms with van der Waals surface area (Å²) in [7, 11) is 0. The molecule has 1 N–H and O–H groups in total.